The Labute approximate surface area is 113 Å². The Morgan fingerprint density at radius 1 is 1.56 bits per heavy atom. The smallest absolute Gasteiger partial charge is 0.336 e. The van der Waals surface area contributed by atoms with Crippen molar-refractivity contribution >= 4 is 34.6 Å². The summed E-state index contributed by atoms with van der Waals surface area (Å²) in [7, 11) is 0. The zero-order valence-corrected chi connectivity index (χ0v) is 11.2. The summed E-state index contributed by atoms with van der Waals surface area (Å²) in [4.78, 5) is 15.8. The lowest BCUT2D eigenvalue weighted by molar-refractivity contribution is 0.0697. The lowest BCUT2D eigenvalue weighted by Crippen LogP contribution is -2.01. The molecule has 2 N–H and O–H groups in total. The van der Waals surface area contributed by atoms with Crippen LogP contribution in [0.4, 0.5) is 5.69 Å². The van der Waals surface area contributed by atoms with Gasteiger partial charge in [-0.25, -0.2) is 9.78 Å². The number of hydrogen-bond acceptors (Lipinski definition) is 4. The quantitative estimate of drug-likeness (QED) is 0.844. The third kappa shape index (κ3) is 3.00. The number of nitrogens with one attached hydrogen (secondary N) is 1. The van der Waals surface area contributed by atoms with Crippen LogP contribution in [0.25, 0.3) is 0 Å². The molecule has 0 saturated carbocycles. The van der Waals surface area contributed by atoms with E-state index in [9.17, 15) is 4.79 Å². The summed E-state index contributed by atoms with van der Waals surface area (Å²) in [5, 5.41) is 14.1. The van der Waals surface area contributed by atoms with Crippen LogP contribution in [0.1, 0.15) is 20.9 Å². The summed E-state index contributed by atoms with van der Waals surface area (Å²) >= 11 is 7.19. The average Bonchev–Trinajstić information content (AvgIpc) is 2.76. The van der Waals surface area contributed by atoms with E-state index in [1.165, 1.54) is 11.3 Å². The molecule has 0 bridgehead atoms. The van der Waals surface area contributed by atoms with Crippen LogP contribution in [0.2, 0.25) is 5.15 Å². The number of hydrogen-bond donors (Lipinski definition) is 2. The number of aromatic carboxylic acids is 1. The van der Waals surface area contributed by atoms with Crippen molar-refractivity contribution in [2.24, 2.45) is 0 Å². The topological polar surface area (TPSA) is 62.2 Å². The molecule has 2 aromatic heterocycles. The molecule has 0 aromatic carbocycles. The second-order valence-electron chi connectivity index (χ2n) is 3.73. The highest BCUT2D eigenvalue weighted by molar-refractivity contribution is 7.10. The number of pyridine rings is 1. The predicted molar refractivity (Wildman–Crippen MR) is 72.6 cm³/mol. The standard InChI is InChI=1S/C12H11ClN2O2S/c1-7-10(2-3-11(13)15-7)14-5-9-4-8(6-18-9)12(16)17/h2-4,6,14H,5H2,1H3,(H,16,17). The van der Waals surface area contributed by atoms with Crippen molar-refractivity contribution in [3.8, 4) is 0 Å². The molecule has 6 heteroatoms. The number of thiophene rings is 1. The minimum absolute atomic E-state index is 0.322. The maximum absolute atomic E-state index is 10.7. The van der Waals surface area contributed by atoms with Gasteiger partial charge in [-0.05, 0) is 25.1 Å². The molecule has 4 nitrogen and oxygen atoms in total. The van der Waals surface area contributed by atoms with Gasteiger partial charge in [0.1, 0.15) is 5.15 Å². The zero-order chi connectivity index (χ0) is 13.1. The lowest BCUT2D eigenvalue weighted by atomic mass is 10.3. The first-order chi connectivity index (χ1) is 8.56. The van der Waals surface area contributed by atoms with Gasteiger partial charge in [-0.1, -0.05) is 11.6 Å². The second-order valence-corrected chi connectivity index (χ2v) is 5.11. The predicted octanol–water partition coefficient (Wildman–Crippen LogP) is 3.42. The maximum atomic E-state index is 10.7. The van der Waals surface area contributed by atoms with E-state index in [0.29, 0.717) is 17.3 Å². The number of halogens is 1. The molecule has 0 unspecified atom stereocenters. The van der Waals surface area contributed by atoms with E-state index in [4.69, 9.17) is 16.7 Å². The van der Waals surface area contributed by atoms with Crippen molar-refractivity contribution in [3.05, 3.63) is 44.9 Å². The molecule has 0 amide bonds. The Hall–Kier alpha value is -1.59. The summed E-state index contributed by atoms with van der Waals surface area (Å²) < 4.78 is 0. The molecule has 0 saturated heterocycles. The SMILES string of the molecule is Cc1nc(Cl)ccc1NCc1cc(C(=O)O)cs1. The van der Waals surface area contributed by atoms with Gasteiger partial charge in [0.25, 0.3) is 0 Å². The Morgan fingerprint density at radius 3 is 2.94 bits per heavy atom. The molecule has 0 spiro atoms. The van der Waals surface area contributed by atoms with Crippen molar-refractivity contribution in [2.45, 2.75) is 13.5 Å². The van der Waals surface area contributed by atoms with Gasteiger partial charge in [0.05, 0.1) is 16.9 Å². The first-order valence-corrected chi connectivity index (χ1v) is 6.50. The lowest BCUT2D eigenvalue weighted by Gasteiger charge is -2.07. The van der Waals surface area contributed by atoms with Crippen LogP contribution >= 0.6 is 22.9 Å². The van der Waals surface area contributed by atoms with Crippen molar-refractivity contribution < 1.29 is 9.90 Å². The van der Waals surface area contributed by atoms with Crippen LogP contribution in [0.5, 0.6) is 0 Å². The normalized spacial score (nSPS) is 10.3. The summed E-state index contributed by atoms with van der Waals surface area (Å²) in [5.74, 6) is -0.901. The van der Waals surface area contributed by atoms with E-state index in [2.05, 4.69) is 10.3 Å². The van der Waals surface area contributed by atoms with Crippen LogP contribution < -0.4 is 5.32 Å². The van der Waals surface area contributed by atoms with E-state index >= 15 is 0 Å². The number of carboxylic acid groups (broad SMARTS) is 1. The highest BCUT2D eigenvalue weighted by atomic mass is 35.5. The third-order valence-corrected chi connectivity index (χ3v) is 3.55. The minimum Gasteiger partial charge on any atom is -0.478 e. The average molecular weight is 283 g/mol. The monoisotopic (exact) mass is 282 g/mol. The first-order valence-electron chi connectivity index (χ1n) is 5.24. The summed E-state index contributed by atoms with van der Waals surface area (Å²) in [5.41, 5.74) is 2.03. The Morgan fingerprint density at radius 2 is 2.33 bits per heavy atom. The first kappa shape index (κ1) is 12.9. The fraction of sp³-hybridized carbons (Fsp3) is 0.167. The molecule has 0 aliphatic rings. The van der Waals surface area contributed by atoms with Gasteiger partial charge in [0, 0.05) is 16.8 Å². The van der Waals surface area contributed by atoms with Gasteiger partial charge in [0.15, 0.2) is 0 Å². The number of aromatic nitrogens is 1. The summed E-state index contributed by atoms with van der Waals surface area (Å²) in [6.45, 7) is 2.44. The largest absolute Gasteiger partial charge is 0.478 e. The molecule has 0 fully saturated rings. The maximum Gasteiger partial charge on any atom is 0.336 e. The second kappa shape index (κ2) is 5.37. The number of aryl methyl sites for hydroxylation is 1. The minimum atomic E-state index is -0.901. The molecule has 2 rings (SSSR count). The Balaban J connectivity index is 2.04. The van der Waals surface area contributed by atoms with Crippen molar-refractivity contribution in [2.75, 3.05) is 5.32 Å². The number of nitrogens with zero attached hydrogens (tertiary/aromatic N) is 1. The molecule has 94 valence electrons. The van der Waals surface area contributed by atoms with E-state index in [0.717, 1.165) is 16.3 Å². The third-order valence-electron chi connectivity index (χ3n) is 2.41. The molecule has 0 aliphatic carbocycles. The summed E-state index contributed by atoms with van der Waals surface area (Å²) in [6, 6.07) is 5.24. The van der Waals surface area contributed by atoms with E-state index in [-0.39, 0.29) is 0 Å². The molecule has 18 heavy (non-hydrogen) atoms. The van der Waals surface area contributed by atoms with Crippen LogP contribution in [-0.4, -0.2) is 16.1 Å². The zero-order valence-electron chi connectivity index (χ0n) is 9.61. The number of carbonyl (C=O) groups is 1. The van der Waals surface area contributed by atoms with Crippen LogP contribution in [0, 0.1) is 6.92 Å². The van der Waals surface area contributed by atoms with E-state index in [1.807, 2.05) is 13.0 Å². The molecular formula is C12H11ClN2O2S. The number of anilines is 1. The van der Waals surface area contributed by atoms with Gasteiger partial charge in [-0.2, -0.15) is 0 Å². The molecule has 0 atom stereocenters. The highest BCUT2D eigenvalue weighted by Gasteiger charge is 2.07. The molecular weight excluding hydrogens is 272 g/mol. The number of carboxylic acids is 1. The fourth-order valence-corrected chi connectivity index (χ4v) is 2.47. The van der Waals surface area contributed by atoms with Crippen molar-refractivity contribution in [3.63, 3.8) is 0 Å². The number of rotatable bonds is 4. The van der Waals surface area contributed by atoms with Gasteiger partial charge in [0.2, 0.25) is 0 Å². The summed E-state index contributed by atoms with van der Waals surface area (Å²) in [6.07, 6.45) is 0. The van der Waals surface area contributed by atoms with E-state index in [1.54, 1.807) is 17.5 Å². The molecule has 0 radical (unpaired) electrons. The molecule has 0 aliphatic heterocycles. The van der Waals surface area contributed by atoms with Gasteiger partial charge in [-0.15, -0.1) is 11.3 Å². The Bertz CT molecular complexity index is 583. The van der Waals surface area contributed by atoms with E-state index < -0.39 is 5.97 Å². The fourth-order valence-electron chi connectivity index (χ4n) is 1.49. The molecule has 2 heterocycles. The highest BCUT2D eigenvalue weighted by Crippen LogP contribution is 2.19. The van der Waals surface area contributed by atoms with Crippen molar-refractivity contribution in [1.29, 1.82) is 0 Å². The van der Waals surface area contributed by atoms with Gasteiger partial charge in [-0.3, -0.25) is 0 Å². The van der Waals surface area contributed by atoms with Crippen LogP contribution in [0.15, 0.2) is 23.6 Å². The van der Waals surface area contributed by atoms with Gasteiger partial charge < -0.3 is 10.4 Å². The molecule has 2 aromatic rings. The van der Waals surface area contributed by atoms with Crippen LogP contribution in [0.3, 0.4) is 0 Å². The van der Waals surface area contributed by atoms with Crippen LogP contribution in [-0.2, 0) is 6.54 Å². The Kier molecular flexibility index (Phi) is 3.84. The van der Waals surface area contributed by atoms with Gasteiger partial charge >= 0.3 is 5.97 Å². The van der Waals surface area contributed by atoms with Crippen molar-refractivity contribution in [1.82, 2.24) is 4.98 Å².